The summed E-state index contributed by atoms with van der Waals surface area (Å²) in [6, 6.07) is 0. The number of ether oxygens (including phenoxy) is 4. The van der Waals surface area contributed by atoms with Crippen LogP contribution in [0, 0.1) is 0 Å². The van der Waals surface area contributed by atoms with E-state index in [1.165, 1.54) is 212 Å². The molecule has 0 bridgehead atoms. The second-order valence-electron chi connectivity index (χ2n) is 25.5. The van der Waals surface area contributed by atoms with Crippen LogP contribution >= 0.6 is 0 Å². The first-order chi connectivity index (χ1) is 42.6. The van der Waals surface area contributed by atoms with Gasteiger partial charge in [0.2, 0.25) is 0 Å². The zero-order valence-electron chi connectivity index (χ0n) is 57.4. The van der Waals surface area contributed by atoms with Crippen molar-refractivity contribution in [2.24, 2.45) is 0 Å². The van der Waals surface area contributed by atoms with Gasteiger partial charge in [-0.3, -0.25) is 9.59 Å². The molecule has 0 fully saturated rings. The zero-order valence-corrected chi connectivity index (χ0v) is 57.4. The second-order valence-corrected chi connectivity index (χ2v) is 25.5. The van der Waals surface area contributed by atoms with Gasteiger partial charge in [0.25, 0.3) is 0 Å². The van der Waals surface area contributed by atoms with Crippen LogP contribution in [-0.2, 0) is 33.3 Å². The lowest BCUT2D eigenvalue weighted by Crippen LogP contribution is -2.44. The molecule has 9 nitrogen and oxygen atoms in total. The lowest BCUT2D eigenvalue weighted by atomic mass is 10.0. The summed E-state index contributed by atoms with van der Waals surface area (Å²) in [5, 5.41) is 11.8. The molecule has 87 heavy (non-hydrogen) atoms. The first kappa shape index (κ1) is 83.2. The number of carboxylic acids is 1. The molecule has 0 rings (SSSR count). The number of allylic oxidation sites excluding steroid dienone is 16. The molecule has 0 aromatic heterocycles. The number of carbonyl (C=O) groups excluding carboxylic acids is 3. The molecule has 9 heteroatoms. The highest BCUT2D eigenvalue weighted by molar-refractivity contribution is 5.70. The Balaban J connectivity index is 4.08. The zero-order chi connectivity index (χ0) is 63.3. The third-order valence-electron chi connectivity index (χ3n) is 15.8. The van der Waals surface area contributed by atoms with E-state index in [1.54, 1.807) is 0 Å². The summed E-state index contributed by atoms with van der Waals surface area (Å²) < 4.78 is 22.8. The Bertz CT molecular complexity index is 1750. The Morgan fingerprint density at radius 1 is 0.356 bits per heavy atom. The quantitative estimate of drug-likeness (QED) is 0.0195. The summed E-state index contributed by atoms with van der Waals surface area (Å²) in [5.41, 5.74) is 0. The molecule has 0 saturated carbocycles. The van der Waals surface area contributed by atoms with Gasteiger partial charge in [0.15, 0.2) is 12.4 Å². The van der Waals surface area contributed by atoms with E-state index in [4.69, 9.17) is 18.9 Å². The van der Waals surface area contributed by atoms with Crippen molar-refractivity contribution in [2.45, 2.75) is 334 Å². The molecule has 0 radical (unpaired) electrons. The van der Waals surface area contributed by atoms with Gasteiger partial charge in [-0.25, -0.2) is 0 Å². The summed E-state index contributed by atoms with van der Waals surface area (Å²) in [4.78, 5) is 37.5. The van der Waals surface area contributed by atoms with Gasteiger partial charge in [0.05, 0.1) is 40.3 Å². The Hall–Kier alpha value is -3.79. The van der Waals surface area contributed by atoms with Crippen LogP contribution < -0.4 is 5.11 Å². The maximum Gasteiger partial charge on any atom is 0.306 e. The van der Waals surface area contributed by atoms with Crippen molar-refractivity contribution in [2.75, 3.05) is 47.5 Å². The van der Waals surface area contributed by atoms with Crippen molar-refractivity contribution in [3.05, 3.63) is 97.2 Å². The van der Waals surface area contributed by atoms with Crippen molar-refractivity contribution in [1.82, 2.24) is 0 Å². The van der Waals surface area contributed by atoms with E-state index in [-0.39, 0.29) is 38.6 Å². The molecule has 0 N–H and O–H groups in total. The van der Waals surface area contributed by atoms with Crippen molar-refractivity contribution in [3.63, 3.8) is 0 Å². The van der Waals surface area contributed by atoms with E-state index in [0.29, 0.717) is 17.4 Å². The number of rotatable bonds is 67. The van der Waals surface area contributed by atoms with Gasteiger partial charge in [-0.1, -0.05) is 310 Å². The Morgan fingerprint density at radius 2 is 0.655 bits per heavy atom. The third kappa shape index (κ3) is 69.5. The van der Waals surface area contributed by atoms with E-state index in [2.05, 4.69) is 111 Å². The fourth-order valence-electron chi connectivity index (χ4n) is 10.3. The standard InChI is InChI=1S/C78H137NO8/c1-6-8-10-12-14-16-18-20-22-24-26-28-30-32-34-36-37-38-39-41-43-45-47-49-51-53-55-57-59-61-63-65-67-69-76(81)87-74(73-86-78(77(82)83)84-71-70-79(3,4)5)72-85-75(80)68-66-64-62-60-58-56-54-52-50-48-46-44-42-40-35-33-31-29-27-25-23-21-19-17-15-13-11-9-7-2/h8,10,14,16,19-22,25-28,31-34,74,78H,6-7,9,11-13,15,17-18,23-24,29-30,35-73H2,1-5H3/b10-8-,16-14-,21-19-,22-20-,27-25-,28-26-,33-31-,34-32-. The van der Waals surface area contributed by atoms with E-state index in [0.717, 1.165) is 77.0 Å². The van der Waals surface area contributed by atoms with Crippen LogP contribution in [0.25, 0.3) is 0 Å². The van der Waals surface area contributed by atoms with Crippen LogP contribution in [0.5, 0.6) is 0 Å². The van der Waals surface area contributed by atoms with Gasteiger partial charge >= 0.3 is 11.9 Å². The topological polar surface area (TPSA) is 111 Å². The minimum absolute atomic E-state index is 0.146. The maximum atomic E-state index is 12.9. The highest BCUT2D eigenvalue weighted by Gasteiger charge is 2.22. The van der Waals surface area contributed by atoms with Crippen molar-refractivity contribution >= 4 is 17.9 Å². The molecule has 502 valence electrons. The molecular formula is C78H137NO8. The van der Waals surface area contributed by atoms with Crippen LogP contribution in [0.2, 0.25) is 0 Å². The van der Waals surface area contributed by atoms with E-state index in [1.807, 2.05) is 21.1 Å². The number of likely N-dealkylation sites (N-methyl/N-ethyl adjacent to an activating group) is 1. The number of unbranched alkanes of at least 4 members (excludes halogenated alkanes) is 36. The van der Waals surface area contributed by atoms with Crippen molar-refractivity contribution in [3.8, 4) is 0 Å². The fraction of sp³-hybridized carbons (Fsp3) is 0.756. The van der Waals surface area contributed by atoms with Crippen LogP contribution in [0.1, 0.15) is 322 Å². The van der Waals surface area contributed by atoms with Gasteiger partial charge in [0.1, 0.15) is 13.2 Å². The molecule has 0 aliphatic rings. The molecule has 0 aliphatic heterocycles. The van der Waals surface area contributed by atoms with Crippen LogP contribution in [-0.4, -0.2) is 82.3 Å². The van der Waals surface area contributed by atoms with Gasteiger partial charge < -0.3 is 33.3 Å². The Labute approximate surface area is 537 Å². The van der Waals surface area contributed by atoms with E-state index >= 15 is 0 Å². The molecule has 0 heterocycles. The maximum absolute atomic E-state index is 12.9. The van der Waals surface area contributed by atoms with Gasteiger partial charge in [0, 0.05) is 12.8 Å². The molecule has 0 spiro atoms. The van der Waals surface area contributed by atoms with Crippen LogP contribution in [0.3, 0.4) is 0 Å². The molecular weight excluding hydrogens is 1080 g/mol. The van der Waals surface area contributed by atoms with E-state index in [9.17, 15) is 19.5 Å². The minimum Gasteiger partial charge on any atom is -0.545 e. The number of carboxylic acid groups (broad SMARTS) is 1. The Kier molecular flexibility index (Phi) is 65.2. The smallest absolute Gasteiger partial charge is 0.306 e. The van der Waals surface area contributed by atoms with Crippen LogP contribution in [0.15, 0.2) is 97.2 Å². The monoisotopic (exact) mass is 1220 g/mol. The molecule has 2 unspecified atom stereocenters. The second kappa shape index (κ2) is 68.1. The lowest BCUT2D eigenvalue weighted by molar-refractivity contribution is -0.870. The molecule has 0 saturated heterocycles. The predicted molar refractivity (Wildman–Crippen MR) is 371 cm³/mol. The minimum atomic E-state index is -1.63. The molecule has 0 aromatic carbocycles. The van der Waals surface area contributed by atoms with E-state index < -0.39 is 24.3 Å². The SMILES string of the molecule is CC/C=C\C/C=C\C/C=C\C/C=C\C/C=C\CCCCCCCCCCCCCCCCCCCC(=O)OC(COC(=O)CCCCCCCCCCCCCCCC/C=C\C/C=C\C/C=C\CCCCCCC)COC(OCC[N+](C)(C)C)C(=O)[O-]. The molecule has 0 aromatic rings. The fourth-order valence-corrected chi connectivity index (χ4v) is 10.3. The summed E-state index contributed by atoms with van der Waals surface area (Å²) in [5.74, 6) is -2.27. The van der Waals surface area contributed by atoms with Crippen molar-refractivity contribution in [1.29, 1.82) is 0 Å². The predicted octanol–water partition coefficient (Wildman–Crippen LogP) is 21.5. The van der Waals surface area contributed by atoms with Gasteiger partial charge in [-0.05, 0) is 96.3 Å². The highest BCUT2D eigenvalue weighted by Crippen LogP contribution is 2.18. The molecule has 0 amide bonds. The normalized spacial score (nSPS) is 13.3. The van der Waals surface area contributed by atoms with Crippen LogP contribution in [0.4, 0.5) is 0 Å². The van der Waals surface area contributed by atoms with Crippen molar-refractivity contribution < 1.29 is 42.9 Å². The number of esters is 2. The number of aliphatic carboxylic acids is 1. The largest absolute Gasteiger partial charge is 0.545 e. The summed E-state index contributed by atoms with van der Waals surface area (Å²) in [6.45, 7) is 4.66. The number of carbonyl (C=O) groups is 3. The average molecular weight is 1220 g/mol. The molecule has 0 aliphatic carbocycles. The summed E-state index contributed by atoms with van der Waals surface area (Å²) in [6.07, 6.45) is 90.6. The number of hydrogen-bond donors (Lipinski definition) is 0. The first-order valence-electron chi connectivity index (χ1n) is 36.4. The highest BCUT2D eigenvalue weighted by atomic mass is 16.7. The third-order valence-corrected chi connectivity index (χ3v) is 15.8. The molecule has 2 atom stereocenters. The average Bonchev–Trinajstić information content (AvgIpc) is 3.59. The summed E-state index contributed by atoms with van der Waals surface area (Å²) in [7, 11) is 5.94. The number of hydrogen-bond acceptors (Lipinski definition) is 8. The number of quaternary nitrogens is 1. The lowest BCUT2D eigenvalue weighted by Gasteiger charge is -2.26. The Morgan fingerprint density at radius 3 is 0.977 bits per heavy atom. The summed E-state index contributed by atoms with van der Waals surface area (Å²) >= 11 is 0. The number of nitrogens with zero attached hydrogens (tertiary/aromatic N) is 1. The van der Waals surface area contributed by atoms with Gasteiger partial charge in [-0.2, -0.15) is 0 Å². The van der Waals surface area contributed by atoms with Gasteiger partial charge in [-0.15, -0.1) is 0 Å². The first-order valence-corrected chi connectivity index (χ1v) is 36.4.